The van der Waals surface area contributed by atoms with Crippen LogP contribution in [0.5, 0.6) is 0 Å². The number of pyridine rings is 1. The number of hydrogen-bond acceptors (Lipinski definition) is 6. The number of rotatable bonds is 5. The van der Waals surface area contributed by atoms with E-state index in [9.17, 15) is 19.5 Å². The summed E-state index contributed by atoms with van der Waals surface area (Å²) >= 11 is 0. The predicted molar refractivity (Wildman–Crippen MR) is 83.4 cm³/mol. The summed E-state index contributed by atoms with van der Waals surface area (Å²) < 4.78 is 1.00. The molecule has 8 nitrogen and oxygen atoms in total. The Balaban J connectivity index is 2.76. The zero-order valence-electron chi connectivity index (χ0n) is 13.0. The topological polar surface area (TPSA) is 114 Å². The van der Waals surface area contributed by atoms with Gasteiger partial charge in [-0.05, 0) is 32.4 Å². The van der Waals surface area contributed by atoms with Crippen molar-refractivity contribution in [1.82, 2.24) is 14.8 Å². The van der Waals surface area contributed by atoms with Crippen molar-refractivity contribution in [2.75, 3.05) is 5.32 Å². The molecule has 0 radical (unpaired) electrons. The molecule has 0 fully saturated rings. The Morgan fingerprint density at radius 1 is 1.39 bits per heavy atom. The van der Waals surface area contributed by atoms with Gasteiger partial charge < -0.3 is 10.4 Å². The van der Waals surface area contributed by atoms with Gasteiger partial charge in [-0.3, -0.25) is 14.6 Å². The highest BCUT2D eigenvalue weighted by atomic mass is 16.4. The predicted octanol–water partition coefficient (Wildman–Crippen LogP) is 1.61. The average Bonchev–Trinajstić information content (AvgIpc) is 2.50. The van der Waals surface area contributed by atoms with E-state index in [4.69, 9.17) is 0 Å². The van der Waals surface area contributed by atoms with Crippen LogP contribution in [0.15, 0.2) is 23.3 Å². The molecule has 0 aliphatic rings. The second-order valence-corrected chi connectivity index (χ2v) is 4.90. The molecule has 0 saturated heterocycles. The van der Waals surface area contributed by atoms with Crippen molar-refractivity contribution in [2.45, 2.75) is 27.3 Å². The number of carbonyl (C=O) groups excluding carboxylic acids is 1. The Hall–Kier alpha value is -3.03. The first-order valence-corrected chi connectivity index (χ1v) is 6.93. The average molecular weight is 316 g/mol. The van der Waals surface area contributed by atoms with E-state index in [0.717, 1.165) is 10.2 Å². The van der Waals surface area contributed by atoms with E-state index in [2.05, 4.69) is 15.4 Å². The molecule has 0 spiro atoms. The van der Waals surface area contributed by atoms with Crippen molar-refractivity contribution in [2.24, 2.45) is 0 Å². The SMILES string of the molecule is CCn1nc(C(=O)O)c(C(C)=O)c(Nc2cnccc2C)c1=O. The highest BCUT2D eigenvalue weighted by Gasteiger charge is 2.25. The third kappa shape index (κ3) is 3.10. The molecule has 2 heterocycles. The maximum Gasteiger partial charge on any atom is 0.357 e. The van der Waals surface area contributed by atoms with Crippen LogP contribution in [-0.2, 0) is 6.54 Å². The van der Waals surface area contributed by atoms with Gasteiger partial charge in [0, 0.05) is 12.7 Å². The minimum Gasteiger partial charge on any atom is -0.476 e. The van der Waals surface area contributed by atoms with Crippen LogP contribution < -0.4 is 10.9 Å². The first-order chi connectivity index (χ1) is 10.9. The summed E-state index contributed by atoms with van der Waals surface area (Å²) in [5, 5.41) is 15.9. The van der Waals surface area contributed by atoms with Gasteiger partial charge in [0.2, 0.25) is 0 Å². The second-order valence-electron chi connectivity index (χ2n) is 4.90. The third-order valence-electron chi connectivity index (χ3n) is 3.31. The number of aromatic nitrogens is 3. The van der Waals surface area contributed by atoms with Crippen molar-refractivity contribution in [3.05, 3.63) is 45.6 Å². The highest BCUT2D eigenvalue weighted by Crippen LogP contribution is 2.22. The fourth-order valence-electron chi connectivity index (χ4n) is 2.12. The van der Waals surface area contributed by atoms with Gasteiger partial charge in [-0.15, -0.1) is 0 Å². The van der Waals surface area contributed by atoms with E-state index in [0.29, 0.717) is 5.69 Å². The van der Waals surface area contributed by atoms with Crippen LogP contribution in [-0.4, -0.2) is 31.6 Å². The summed E-state index contributed by atoms with van der Waals surface area (Å²) in [5.41, 5.74) is -0.0600. The number of carbonyl (C=O) groups is 2. The highest BCUT2D eigenvalue weighted by molar-refractivity contribution is 6.07. The molecule has 0 aromatic carbocycles. The van der Waals surface area contributed by atoms with Crippen LogP contribution in [0.25, 0.3) is 0 Å². The summed E-state index contributed by atoms with van der Waals surface area (Å²) in [5.74, 6) is -1.93. The van der Waals surface area contributed by atoms with Crippen molar-refractivity contribution in [3.8, 4) is 0 Å². The molecular formula is C15H16N4O4. The van der Waals surface area contributed by atoms with Crippen LogP contribution in [0.3, 0.4) is 0 Å². The summed E-state index contributed by atoms with van der Waals surface area (Å²) in [4.78, 5) is 39.8. The molecule has 0 bridgehead atoms. The van der Waals surface area contributed by atoms with E-state index in [1.807, 2.05) is 0 Å². The van der Waals surface area contributed by atoms with Gasteiger partial charge >= 0.3 is 5.97 Å². The lowest BCUT2D eigenvalue weighted by Gasteiger charge is -2.14. The molecule has 2 aromatic rings. The van der Waals surface area contributed by atoms with Crippen LogP contribution in [0.4, 0.5) is 11.4 Å². The van der Waals surface area contributed by atoms with Crippen molar-refractivity contribution >= 4 is 23.1 Å². The monoisotopic (exact) mass is 316 g/mol. The number of aromatic carboxylic acids is 1. The van der Waals surface area contributed by atoms with E-state index in [1.165, 1.54) is 13.1 Å². The van der Waals surface area contributed by atoms with Crippen LogP contribution in [0, 0.1) is 6.92 Å². The third-order valence-corrected chi connectivity index (χ3v) is 3.31. The number of nitrogens with zero attached hydrogens (tertiary/aromatic N) is 3. The standard InChI is InChI=1S/C15H16N4O4/c1-4-19-14(21)12(17-10-7-16-6-5-8(10)2)11(9(3)20)13(18-19)15(22)23/h5-7,17H,4H2,1-3H3,(H,22,23). The molecule has 2 aromatic heterocycles. The molecule has 0 amide bonds. The molecule has 0 saturated carbocycles. The number of carboxylic acid groups (broad SMARTS) is 1. The van der Waals surface area contributed by atoms with Gasteiger partial charge in [-0.2, -0.15) is 5.10 Å². The maximum absolute atomic E-state index is 12.5. The van der Waals surface area contributed by atoms with Crippen LogP contribution in [0.1, 0.15) is 40.3 Å². The number of ketones is 1. The van der Waals surface area contributed by atoms with Gasteiger partial charge in [-0.1, -0.05) is 0 Å². The summed E-state index contributed by atoms with van der Waals surface area (Å²) in [6, 6.07) is 1.73. The molecule has 0 unspecified atom stereocenters. The fourth-order valence-corrected chi connectivity index (χ4v) is 2.12. The number of carboxylic acids is 1. The smallest absolute Gasteiger partial charge is 0.357 e. The first-order valence-electron chi connectivity index (χ1n) is 6.93. The maximum atomic E-state index is 12.5. The van der Waals surface area contributed by atoms with E-state index < -0.39 is 23.0 Å². The number of aryl methyl sites for hydroxylation is 2. The molecule has 23 heavy (non-hydrogen) atoms. The van der Waals surface area contributed by atoms with Gasteiger partial charge in [0.1, 0.15) is 5.69 Å². The molecular weight excluding hydrogens is 300 g/mol. The summed E-state index contributed by atoms with van der Waals surface area (Å²) in [6.45, 7) is 4.83. The Bertz CT molecular complexity index is 842. The molecule has 8 heteroatoms. The van der Waals surface area contributed by atoms with E-state index >= 15 is 0 Å². The summed E-state index contributed by atoms with van der Waals surface area (Å²) in [7, 11) is 0. The minimum absolute atomic E-state index is 0.108. The van der Waals surface area contributed by atoms with Crippen LogP contribution in [0.2, 0.25) is 0 Å². The van der Waals surface area contributed by atoms with E-state index in [1.54, 1.807) is 26.1 Å². The summed E-state index contributed by atoms with van der Waals surface area (Å²) in [6.07, 6.45) is 3.09. The molecule has 0 aliphatic carbocycles. The molecule has 0 atom stereocenters. The Kier molecular flexibility index (Phi) is 4.54. The number of hydrogen-bond donors (Lipinski definition) is 2. The fraction of sp³-hybridized carbons (Fsp3) is 0.267. The van der Waals surface area contributed by atoms with Crippen molar-refractivity contribution < 1.29 is 14.7 Å². The van der Waals surface area contributed by atoms with Crippen LogP contribution >= 0.6 is 0 Å². The van der Waals surface area contributed by atoms with Gasteiger partial charge in [-0.25, -0.2) is 9.48 Å². The lowest BCUT2D eigenvalue weighted by atomic mass is 10.1. The van der Waals surface area contributed by atoms with Crippen molar-refractivity contribution in [1.29, 1.82) is 0 Å². The molecule has 2 N–H and O–H groups in total. The second kappa shape index (κ2) is 6.39. The molecule has 0 aliphatic heterocycles. The minimum atomic E-state index is -1.37. The van der Waals surface area contributed by atoms with E-state index in [-0.39, 0.29) is 17.8 Å². The molecule has 120 valence electrons. The van der Waals surface area contributed by atoms with Gasteiger partial charge in [0.05, 0.1) is 17.4 Å². The van der Waals surface area contributed by atoms with Gasteiger partial charge in [0.15, 0.2) is 11.5 Å². The normalized spacial score (nSPS) is 10.4. The zero-order chi connectivity index (χ0) is 17.1. The lowest BCUT2D eigenvalue weighted by Crippen LogP contribution is -2.30. The lowest BCUT2D eigenvalue weighted by molar-refractivity contribution is 0.0682. The molecule has 2 rings (SSSR count). The largest absolute Gasteiger partial charge is 0.476 e. The van der Waals surface area contributed by atoms with Crippen molar-refractivity contribution in [3.63, 3.8) is 0 Å². The number of Topliss-reactive ketones (excluding diaryl/α,β-unsaturated/α-hetero) is 1. The first kappa shape index (κ1) is 16.3. The quantitative estimate of drug-likeness (QED) is 0.805. The number of nitrogens with one attached hydrogen (secondary N) is 1. The zero-order valence-corrected chi connectivity index (χ0v) is 13.0. The Labute approximate surface area is 131 Å². The number of anilines is 2. The van der Waals surface area contributed by atoms with Gasteiger partial charge in [0.25, 0.3) is 5.56 Å². The Morgan fingerprint density at radius 2 is 2.09 bits per heavy atom. The Morgan fingerprint density at radius 3 is 2.61 bits per heavy atom.